The van der Waals surface area contributed by atoms with Gasteiger partial charge in [0.1, 0.15) is 5.75 Å². The van der Waals surface area contributed by atoms with Crippen LogP contribution in [0.15, 0.2) is 60.7 Å². The first-order valence-electron chi connectivity index (χ1n) is 11.5. The van der Waals surface area contributed by atoms with Crippen molar-refractivity contribution in [3.63, 3.8) is 0 Å². The van der Waals surface area contributed by atoms with E-state index in [1.54, 1.807) is 13.0 Å². The van der Waals surface area contributed by atoms with Gasteiger partial charge in [-0.2, -0.15) is 13.2 Å². The number of alkyl halides is 3. The molecule has 35 heavy (non-hydrogen) atoms. The summed E-state index contributed by atoms with van der Waals surface area (Å²) < 4.78 is 49.0. The van der Waals surface area contributed by atoms with Crippen LogP contribution in [0.5, 0.6) is 5.75 Å². The lowest BCUT2D eigenvalue weighted by molar-refractivity contribution is -0.139. The standard InChI is InChI=1S/C28H30F3NO3/c1-21(2)27(33)35-19-9-7-5-4-6-8-18-34-25-16-10-22(11-17-25)20-26(32-3)23-12-14-24(15-13-23)28(29,30)31/h10-17,20H,1,4-9,18-19H2,2H3/b26-20-. The molecule has 186 valence electrons. The van der Waals surface area contributed by atoms with Gasteiger partial charge < -0.3 is 9.47 Å². The third kappa shape index (κ3) is 10.1. The average Bonchev–Trinajstić information content (AvgIpc) is 2.83. The predicted molar refractivity (Wildman–Crippen MR) is 131 cm³/mol. The SMILES string of the molecule is [C-]#[N+]/C(=C\c1ccc(OCCCCCCCCOC(=O)C(=C)C)cc1)c1ccc(C(F)(F)F)cc1. The molecule has 2 aromatic carbocycles. The molecule has 0 saturated carbocycles. The molecule has 0 spiro atoms. The smallest absolute Gasteiger partial charge is 0.416 e. The first-order valence-corrected chi connectivity index (χ1v) is 11.5. The van der Waals surface area contributed by atoms with Crippen molar-refractivity contribution in [3.05, 3.63) is 88.8 Å². The molecule has 0 heterocycles. The minimum Gasteiger partial charge on any atom is -0.494 e. The third-order valence-electron chi connectivity index (χ3n) is 5.20. The lowest BCUT2D eigenvalue weighted by Gasteiger charge is -2.08. The molecule has 2 rings (SSSR count). The molecule has 0 aliphatic carbocycles. The number of unbranched alkanes of at least 4 members (excludes halogenated alkanes) is 5. The van der Waals surface area contributed by atoms with Gasteiger partial charge >= 0.3 is 12.1 Å². The summed E-state index contributed by atoms with van der Waals surface area (Å²) in [6.07, 6.45) is 3.25. The minimum atomic E-state index is -4.40. The van der Waals surface area contributed by atoms with E-state index in [2.05, 4.69) is 11.4 Å². The van der Waals surface area contributed by atoms with Crippen molar-refractivity contribution in [2.45, 2.75) is 51.6 Å². The van der Waals surface area contributed by atoms with E-state index in [1.165, 1.54) is 12.1 Å². The van der Waals surface area contributed by atoms with Gasteiger partial charge in [0.05, 0.1) is 25.3 Å². The molecule has 0 aliphatic rings. The summed E-state index contributed by atoms with van der Waals surface area (Å²) >= 11 is 0. The molecule has 0 atom stereocenters. The van der Waals surface area contributed by atoms with Gasteiger partial charge in [-0.1, -0.05) is 68.7 Å². The second kappa shape index (κ2) is 14.0. The molecule has 0 aromatic heterocycles. The first-order chi connectivity index (χ1) is 16.7. The summed E-state index contributed by atoms with van der Waals surface area (Å²) in [4.78, 5) is 14.7. The number of rotatable bonds is 13. The zero-order valence-corrected chi connectivity index (χ0v) is 19.9. The fourth-order valence-corrected chi connectivity index (χ4v) is 3.22. The number of ether oxygens (including phenoxy) is 2. The van der Waals surface area contributed by atoms with Crippen LogP contribution in [0.3, 0.4) is 0 Å². The molecule has 0 radical (unpaired) electrons. The molecule has 0 bridgehead atoms. The molecule has 0 aliphatic heterocycles. The van der Waals surface area contributed by atoms with Crippen LogP contribution in [0.1, 0.15) is 62.1 Å². The van der Waals surface area contributed by atoms with E-state index in [4.69, 9.17) is 16.0 Å². The zero-order chi connectivity index (χ0) is 25.7. The summed E-state index contributed by atoms with van der Waals surface area (Å²) in [6.45, 7) is 13.6. The summed E-state index contributed by atoms with van der Waals surface area (Å²) in [5, 5.41) is 0. The fraction of sp³-hybridized carbons (Fsp3) is 0.357. The number of carbonyl (C=O) groups is 1. The second-order valence-electron chi connectivity index (χ2n) is 8.17. The molecule has 7 heteroatoms. The maximum atomic E-state index is 12.7. The predicted octanol–water partition coefficient (Wildman–Crippen LogP) is 7.96. The first kappa shape index (κ1) is 27.7. The monoisotopic (exact) mass is 485 g/mol. The van der Waals surface area contributed by atoms with Crippen molar-refractivity contribution < 1.29 is 27.4 Å². The Hall–Kier alpha value is -3.53. The van der Waals surface area contributed by atoms with Gasteiger partial charge in [0, 0.05) is 5.57 Å². The van der Waals surface area contributed by atoms with Crippen molar-refractivity contribution in [1.29, 1.82) is 0 Å². The zero-order valence-electron chi connectivity index (χ0n) is 19.9. The highest BCUT2D eigenvalue weighted by Gasteiger charge is 2.30. The summed E-state index contributed by atoms with van der Waals surface area (Å²) in [5.74, 6) is 0.387. The van der Waals surface area contributed by atoms with Gasteiger partial charge in [-0.15, -0.1) is 0 Å². The van der Waals surface area contributed by atoms with Gasteiger partial charge in [-0.3, -0.25) is 0 Å². The second-order valence-corrected chi connectivity index (χ2v) is 8.17. The summed E-state index contributed by atoms with van der Waals surface area (Å²) in [5.41, 5.74) is 1.14. The van der Waals surface area contributed by atoms with Gasteiger partial charge in [-0.25, -0.2) is 9.64 Å². The highest BCUT2D eigenvalue weighted by atomic mass is 19.4. The Morgan fingerprint density at radius 3 is 2.06 bits per heavy atom. The maximum Gasteiger partial charge on any atom is 0.416 e. The van der Waals surface area contributed by atoms with E-state index in [0.717, 1.165) is 62.0 Å². The minimum absolute atomic E-state index is 0.265. The highest BCUT2D eigenvalue weighted by molar-refractivity contribution is 5.87. The average molecular weight is 486 g/mol. The highest BCUT2D eigenvalue weighted by Crippen LogP contribution is 2.30. The maximum absolute atomic E-state index is 12.7. The van der Waals surface area contributed by atoms with Gasteiger partial charge in [0.25, 0.3) is 0 Å². The normalized spacial score (nSPS) is 11.6. The Morgan fingerprint density at radius 2 is 1.51 bits per heavy atom. The van der Waals surface area contributed by atoms with Gasteiger partial charge in [0.15, 0.2) is 5.70 Å². The van der Waals surface area contributed by atoms with E-state index >= 15 is 0 Å². The van der Waals surface area contributed by atoms with E-state index < -0.39 is 11.7 Å². The molecule has 0 amide bonds. The quantitative estimate of drug-likeness (QED) is 0.0950. The van der Waals surface area contributed by atoms with Crippen LogP contribution in [-0.4, -0.2) is 19.2 Å². The van der Waals surface area contributed by atoms with E-state index in [1.807, 2.05) is 24.3 Å². The summed E-state index contributed by atoms with van der Waals surface area (Å²) in [7, 11) is 0. The van der Waals surface area contributed by atoms with Crippen LogP contribution in [0.4, 0.5) is 13.2 Å². The number of carbonyl (C=O) groups excluding carboxylic acids is 1. The number of benzene rings is 2. The molecular weight excluding hydrogens is 455 g/mol. The molecule has 0 N–H and O–H groups in total. The van der Waals surface area contributed by atoms with Crippen LogP contribution in [0.25, 0.3) is 16.6 Å². The number of halogens is 3. The van der Waals surface area contributed by atoms with Crippen molar-refractivity contribution in [2.24, 2.45) is 0 Å². The number of hydrogen-bond acceptors (Lipinski definition) is 3. The van der Waals surface area contributed by atoms with Crippen LogP contribution in [0.2, 0.25) is 0 Å². The van der Waals surface area contributed by atoms with E-state index in [0.29, 0.717) is 24.4 Å². The van der Waals surface area contributed by atoms with E-state index in [9.17, 15) is 18.0 Å². The van der Waals surface area contributed by atoms with Gasteiger partial charge in [-0.05, 0) is 49.1 Å². The third-order valence-corrected chi connectivity index (χ3v) is 5.20. The molecule has 0 unspecified atom stereocenters. The van der Waals surface area contributed by atoms with Crippen LogP contribution in [-0.2, 0) is 15.7 Å². The molecular formula is C28H30F3NO3. The Morgan fingerprint density at radius 1 is 0.943 bits per heavy atom. The Balaban J connectivity index is 1.70. The van der Waals surface area contributed by atoms with Crippen molar-refractivity contribution in [2.75, 3.05) is 13.2 Å². The van der Waals surface area contributed by atoms with E-state index in [-0.39, 0.29) is 11.7 Å². The fourth-order valence-electron chi connectivity index (χ4n) is 3.22. The topological polar surface area (TPSA) is 39.9 Å². The summed E-state index contributed by atoms with van der Waals surface area (Å²) in [6, 6.07) is 11.8. The van der Waals surface area contributed by atoms with Crippen LogP contribution < -0.4 is 4.74 Å². The molecule has 2 aromatic rings. The number of hydrogen-bond donors (Lipinski definition) is 0. The molecule has 4 nitrogen and oxygen atoms in total. The Labute approximate surface area is 204 Å². The van der Waals surface area contributed by atoms with Crippen molar-refractivity contribution in [1.82, 2.24) is 0 Å². The number of nitrogens with zero attached hydrogens (tertiary/aromatic N) is 1. The van der Waals surface area contributed by atoms with Crippen LogP contribution >= 0.6 is 0 Å². The lowest BCUT2D eigenvalue weighted by atomic mass is 10.1. The number of esters is 1. The van der Waals surface area contributed by atoms with Gasteiger partial charge in [0.2, 0.25) is 0 Å². The lowest BCUT2D eigenvalue weighted by Crippen LogP contribution is -2.06. The van der Waals surface area contributed by atoms with Crippen molar-refractivity contribution >= 4 is 17.7 Å². The molecule has 0 fully saturated rings. The largest absolute Gasteiger partial charge is 0.494 e. The Bertz CT molecular complexity index is 1030. The van der Waals surface area contributed by atoms with Crippen molar-refractivity contribution in [3.8, 4) is 5.75 Å². The molecule has 0 saturated heterocycles. The van der Waals surface area contributed by atoms with Crippen LogP contribution in [0, 0.1) is 6.57 Å². The Kier molecular flexibility index (Phi) is 11.1.